The Labute approximate surface area is 154 Å². The van der Waals surface area contributed by atoms with Gasteiger partial charge < -0.3 is 14.4 Å². The van der Waals surface area contributed by atoms with Crippen LogP contribution in [-0.2, 0) is 4.79 Å². The largest absolute Gasteiger partial charge is 0.497 e. The van der Waals surface area contributed by atoms with Crippen LogP contribution in [0.2, 0.25) is 0 Å². The average Bonchev–Trinajstić information content (AvgIpc) is 2.65. The van der Waals surface area contributed by atoms with E-state index < -0.39 is 0 Å². The van der Waals surface area contributed by atoms with E-state index in [0.717, 1.165) is 22.9 Å². The summed E-state index contributed by atoms with van der Waals surface area (Å²) in [6, 6.07) is 15.0. The molecule has 0 radical (unpaired) electrons. The topological polar surface area (TPSA) is 51.1 Å². The van der Waals surface area contributed by atoms with Crippen LogP contribution in [0.5, 0.6) is 11.5 Å². The number of carbonyl (C=O) groups is 1. The SMILES string of the molecule is COc1ccc(N=C[C@H]2[C@@H](C(C)C)C(=O)N2c2ccc(OC)cc2)cc1. The van der Waals surface area contributed by atoms with E-state index in [1.165, 1.54) is 0 Å². The lowest BCUT2D eigenvalue weighted by molar-refractivity contribution is -0.130. The van der Waals surface area contributed by atoms with Crippen molar-refractivity contribution in [1.82, 2.24) is 0 Å². The Morgan fingerprint density at radius 2 is 1.50 bits per heavy atom. The standard InChI is InChI=1S/C21H24N2O3/c1-14(2)20-19(13-22-15-5-9-17(25-3)10-6-15)23(21(20)24)16-7-11-18(26-4)12-8-16/h5-14,19-20H,1-4H3/t19-,20+/m0/s1. The van der Waals surface area contributed by atoms with E-state index in [9.17, 15) is 4.79 Å². The van der Waals surface area contributed by atoms with Gasteiger partial charge in [-0.1, -0.05) is 13.8 Å². The third-order valence-electron chi connectivity index (χ3n) is 4.71. The molecular weight excluding hydrogens is 328 g/mol. The maximum absolute atomic E-state index is 12.7. The first kappa shape index (κ1) is 18.0. The quantitative estimate of drug-likeness (QED) is 0.581. The van der Waals surface area contributed by atoms with E-state index in [1.54, 1.807) is 19.1 Å². The number of anilines is 1. The molecule has 5 heteroatoms. The number of benzene rings is 2. The number of hydrogen-bond donors (Lipinski definition) is 0. The Morgan fingerprint density at radius 1 is 0.962 bits per heavy atom. The summed E-state index contributed by atoms with van der Waals surface area (Å²) >= 11 is 0. The van der Waals surface area contributed by atoms with Gasteiger partial charge in [-0.05, 0) is 54.4 Å². The number of β-lactam (4-membered cyclic amide) rings is 1. The molecule has 3 rings (SSSR count). The molecule has 2 aromatic rings. The molecule has 1 aliphatic heterocycles. The van der Waals surface area contributed by atoms with Gasteiger partial charge in [-0.2, -0.15) is 0 Å². The highest BCUT2D eigenvalue weighted by molar-refractivity contribution is 6.09. The molecule has 0 unspecified atom stereocenters. The monoisotopic (exact) mass is 352 g/mol. The van der Waals surface area contributed by atoms with Gasteiger partial charge in [0.1, 0.15) is 11.5 Å². The summed E-state index contributed by atoms with van der Waals surface area (Å²) in [5, 5.41) is 0. The van der Waals surface area contributed by atoms with Crippen LogP contribution in [0.1, 0.15) is 13.8 Å². The highest BCUT2D eigenvalue weighted by Gasteiger charge is 2.48. The predicted octanol–water partition coefficient (Wildman–Crippen LogP) is 4.09. The second-order valence-electron chi connectivity index (χ2n) is 6.64. The van der Waals surface area contributed by atoms with Crippen LogP contribution in [0.4, 0.5) is 11.4 Å². The molecule has 1 amide bonds. The highest BCUT2D eigenvalue weighted by Crippen LogP contribution is 2.37. The molecule has 26 heavy (non-hydrogen) atoms. The molecule has 136 valence electrons. The molecule has 2 aromatic carbocycles. The number of rotatable bonds is 6. The molecule has 0 N–H and O–H groups in total. The molecule has 1 fully saturated rings. The number of nitrogens with zero attached hydrogens (tertiary/aromatic N) is 2. The lowest BCUT2D eigenvalue weighted by atomic mass is 9.79. The lowest BCUT2D eigenvalue weighted by Crippen LogP contribution is -2.63. The zero-order chi connectivity index (χ0) is 18.7. The van der Waals surface area contributed by atoms with Gasteiger partial charge in [0.05, 0.1) is 31.9 Å². The first-order chi connectivity index (χ1) is 12.5. The van der Waals surface area contributed by atoms with Crippen molar-refractivity contribution >= 4 is 23.5 Å². The molecule has 0 aromatic heterocycles. The van der Waals surface area contributed by atoms with Gasteiger partial charge in [-0.15, -0.1) is 0 Å². The minimum absolute atomic E-state index is 0.0564. The van der Waals surface area contributed by atoms with Gasteiger partial charge in [0.15, 0.2) is 0 Å². The van der Waals surface area contributed by atoms with Gasteiger partial charge >= 0.3 is 0 Å². The van der Waals surface area contributed by atoms with Crippen molar-refractivity contribution in [2.45, 2.75) is 19.9 Å². The van der Waals surface area contributed by atoms with Gasteiger partial charge in [-0.3, -0.25) is 9.79 Å². The Kier molecular flexibility index (Phi) is 5.26. The number of hydrogen-bond acceptors (Lipinski definition) is 4. The Bertz CT molecular complexity index is 782. The molecule has 0 aliphatic carbocycles. The van der Waals surface area contributed by atoms with Crippen molar-refractivity contribution in [3.05, 3.63) is 48.5 Å². The summed E-state index contributed by atoms with van der Waals surface area (Å²) in [5.74, 6) is 1.90. The molecule has 0 bridgehead atoms. The number of carbonyl (C=O) groups excluding carboxylic acids is 1. The summed E-state index contributed by atoms with van der Waals surface area (Å²) in [4.78, 5) is 19.1. The fourth-order valence-corrected chi connectivity index (χ4v) is 3.24. The Hall–Kier alpha value is -2.82. The van der Waals surface area contributed by atoms with Crippen molar-refractivity contribution in [3.8, 4) is 11.5 Å². The Balaban J connectivity index is 1.83. The first-order valence-electron chi connectivity index (χ1n) is 8.70. The second kappa shape index (κ2) is 7.60. The zero-order valence-corrected chi connectivity index (χ0v) is 15.5. The summed E-state index contributed by atoms with van der Waals surface area (Å²) in [7, 11) is 3.26. The Morgan fingerprint density at radius 3 is 2.00 bits per heavy atom. The first-order valence-corrected chi connectivity index (χ1v) is 8.70. The molecule has 1 aliphatic rings. The fourth-order valence-electron chi connectivity index (χ4n) is 3.24. The molecule has 0 spiro atoms. The van der Waals surface area contributed by atoms with Crippen molar-refractivity contribution < 1.29 is 14.3 Å². The van der Waals surface area contributed by atoms with Crippen molar-refractivity contribution in [3.63, 3.8) is 0 Å². The number of amides is 1. The van der Waals surface area contributed by atoms with Gasteiger partial charge in [0.2, 0.25) is 5.91 Å². The summed E-state index contributed by atoms with van der Waals surface area (Å²) in [5.41, 5.74) is 1.70. The van der Waals surface area contributed by atoms with Gasteiger partial charge in [0.25, 0.3) is 0 Å². The second-order valence-corrected chi connectivity index (χ2v) is 6.64. The molecule has 1 saturated heterocycles. The van der Waals surface area contributed by atoms with Crippen molar-refractivity contribution in [1.29, 1.82) is 0 Å². The molecule has 1 heterocycles. The van der Waals surface area contributed by atoms with E-state index in [2.05, 4.69) is 18.8 Å². The normalized spacial score (nSPS) is 19.7. The number of ether oxygens (including phenoxy) is 2. The maximum atomic E-state index is 12.7. The zero-order valence-electron chi connectivity index (χ0n) is 15.5. The third kappa shape index (κ3) is 3.43. The molecular formula is C21H24N2O3. The smallest absolute Gasteiger partial charge is 0.233 e. The van der Waals surface area contributed by atoms with E-state index in [-0.39, 0.29) is 23.8 Å². The van der Waals surface area contributed by atoms with E-state index in [4.69, 9.17) is 9.47 Å². The van der Waals surface area contributed by atoms with Crippen LogP contribution >= 0.6 is 0 Å². The molecule has 0 saturated carbocycles. The third-order valence-corrected chi connectivity index (χ3v) is 4.71. The minimum Gasteiger partial charge on any atom is -0.497 e. The highest BCUT2D eigenvalue weighted by atomic mass is 16.5. The van der Waals surface area contributed by atoms with Crippen LogP contribution in [0.15, 0.2) is 53.5 Å². The lowest BCUT2D eigenvalue weighted by Gasteiger charge is -2.47. The fraction of sp³-hybridized carbons (Fsp3) is 0.333. The molecule has 2 atom stereocenters. The summed E-state index contributed by atoms with van der Waals surface area (Å²) in [6.45, 7) is 4.14. The van der Waals surface area contributed by atoms with Crippen LogP contribution in [0.3, 0.4) is 0 Å². The van der Waals surface area contributed by atoms with Crippen LogP contribution < -0.4 is 14.4 Å². The van der Waals surface area contributed by atoms with Crippen LogP contribution in [0.25, 0.3) is 0 Å². The van der Waals surface area contributed by atoms with Crippen molar-refractivity contribution in [2.24, 2.45) is 16.8 Å². The average molecular weight is 352 g/mol. The van der Waals surface area contributed by atoms with E-state index in [0.29, 0.717) is 0 Å². The van der Waals surface area contributed by atoms with E-state index in [1.807, 2.05) is 54.7 Å². The summed E-state index contributed by atoms with van der Waals surface area (Å²) in [6.07, 6.45) is 1.87. The van der Waals surface area contributed by atoms with Gasteiger partial charge in [-0.25, -0.2) is 0 Å². The molecule has 5 nitrogen and oxygen atoms in total. The van der Waals surface area contributed by atoms with Crippen molar-refractivity contribution in [2.75, 3.05) is 19.1 Å². The number of methoxy groups -OCH3 is 2. The summed E-state index contributed by atoms with van der Waals surface area (Å²) < 4.78 is 10.4. The minimum atomic E-state index is -0.0574. The van der Waals surface area contributed by atoms with Gasteiger partial charge in [0, 0.05) is 11.9 Å². The maximum Gasteiger partial charge on any atom is 0.233 e. The van der Waals surface area contributed by atoms with Crippen LogP contribution in [0, 0.1) is 11.8 Å². The van der Waals surface area contributed by atoms with E-state index >= 15 is 0 Å². The number of aliphatic imine (C=N–C) groups is 1. The predicted molar refractivity (Wildman–Crippen MR) is 104 cm³/mol. The van der Waals surface area contributed by atoms with Crippen LogP contribution in [-0.4, -0.2) is 32.4 Å².